The van der Waals surface area contributed by atoms with Crippen molar-refractivity contribution in [3.63, 3.8) is 0 Å². The summed E-state index contributed by atoms with van der Waals surface area (Å²) in [5.74, 6) is -1.26. The third-order valence-corrected chi connectivity index (χ3v) is 2.81. The maximum absolute atomic E-state index is 12.9. The van der Waals surface area contributed by atoms with E-state index in [9.17, 15) is 14.0 Å². The van der Waals surface area contributed by atoms with Crippen molar-refractivity contribution in [2.45, 2.75) is 32.2 Å². The fourth-order valence-electron chi connectivity index (χ4n) is 1.77. The van der Waals surface area contributed by atoms with E-state index in [0.29, 0.717) is 12.1 Å². The number of carbonyl (C=O) groups excluding carboxylic acids is 2. The molecule has 1 unspecified atom stereocenters. The predicted molar refractivity (Wildman–Crippen MR) is 75.5 cm³/mol. The van der Waals surface area contributed by atoms with E-state index >= 15 is 0 Å². The van der Waals surface area contributed by atoms with Crippen LogP contribution in [-0.4, -0.2) is 23.9 Å². The molecule has 20 heavy (non-hydrogen) atoms. The summed E-state index contributed by atoms with van der Waals surface area (Å²) in [6.45, 7) is 3.34. The molecule has 110 valence electrons. The van der Waals surface area contributed by atoms with Crippen molar-refractivity contribution in [1.29, 1.82) is 0 Å². The van der Waals surface area contributed by atoms with Crippen molar-refractivity contribution in [2.24, 2.45) is 5.73 Å². The van der Waals surface area contributed by atoms with E-state index in [1.165, 1.54) is 18.2 Å². The molecule has 0 heterocycles. The minimum atomic E-state index is -0.992. The zero-order valence-corrected chi connectivity index (χ0v) is 11.7. The first-order valence-corrected chi connectivity index (χ1v) is 6.48. The maximum Gasteiger partial charge on any atom is 0.243 e. The molecule has 0 bridgehead atoms. The van der Waals surface area contributed by atoms with E-state index in [4.69, 9.17) is 5.73 Å². The molecule has 1 atom stereocenters. The van der Waals surface area contributed by atoms with Crippen molar-refractivity contribution >= 4 is 17.5 Å². The first-order valence-electron chi connectivity index (χ1n) is 6.48. The van der Waals surface area contributed by atoms with Gasteiger partial charge in [-0.1, -0.05) is 19.4 Å². The Morgan fingerprint density at radius 1 is 1.40 bits per heavy atom. The largest absolute Gasteiger partial charge is 0.345 e. The fourth-order valence-corrected chi connectivity index (χ4v) is 1.77. The van der Waals surface area contributed by atoms with Crippen LogP contribution in [0.1, 0.15) is 26.7 Å². The van der Waals surface area contributed by atoms with Crippen LogP contribution in [0, 0.1) is 5.82 Å². The van der Waals surface area contributed by atoms with Gasteiger partial charge in [0.2, 0.25) is 11.8 Å². The highest BCUT2D eigenvalue weighted by atomic mass is 19.1. The summed E-state index contributed by atoms with van der Waals surface area (Å²) in [5, 5.41) is 4.96. The molecule has 0 fully saturated rings. The molecule has 0 saturated carbocycles. The summed E-state index contributed by atoms with van der Waals surface area (Å²) >= 11 is 0. The van der Waals surface area contributed by atoms with E-state index in [1.54, 1.807) is 13.0 Å². The van der Waals surface area contributed by atoms with Crippen LogP contribution in [0.15, 0.2) is 24.3 Å². The molecule has 0 aliphatic rings. The average molecular weight is 281 g/mol. The van der Waals surface area contributed by atoms with Gasteiger partial charge in [-0.3, -0.25) is 9.59 Å². The SMILES string of the molecule is CCCC(C)(N)C(=O)NCC(=O)Nc1cccc(F)c1. The molecule has 0 aromatic heterocycles. The Balaban J connectivity index is 2.46. The van der Waals surface area contributed by atoms with Crippen molar-refractivity contribution in [3.8, 4) is 0 Å². The lowest BCUT2D eigenvalue weighted by atomic mass is 9.96. The number of hydrogen-bond acceptors (Lipinski definition) is 3. The van der Waals surface area contributed by atoms with Gasteiger partial charge in [-0.25, -0.2) is 4.39 Å². The van der Waals surface area contributed by atoms with Crippen molar-refractivity contribution in [2.75, 3.05) is 11.9 Å². The zero-order valence-electron chi connectivity index (χ0n) is 11.7. The molecule has 5 nitrogen and oxygen atoms in total. The number of hydrogen-bond donors (Lipinski definition) is 3. The third-order valence-electron chi connectivity index (χ3n) is 2.81. The second-order valence-corrected chi connectivity index (χ2v) is 4.91. The van der Waals surface area contributed by atoms with Crippen LogP contribution in [0.2, 0.25) is 0 Å². The van der Waals surface area contributed by atoms with Gasteiger partial charge in [0.25, 0.3) is 0 Å². The molecule has 4 N–H and O–H groups in total. The van der Waals surface area contributed by atoms with Gasteiger partial charge >= 0.3 is 0 Å². The lowest BCUT2D eigenvalue weighted by molar-refractivity contribution is -0.128. The number of rotatable bonds is 6. The van der Waals surface area contributed by atoms with Crippen LogP contribution < -0.4 is 16.4 Å². The number of benzene rings is 1. The van der Waals surface area contributed by atoms with Gasteiger partial charge in [-0.2, -0.15) is 0 Å². The number of halogens is 1. The molecule has 1 aromatic rings. The van der Waals surface area contributed by atoms with Crippen molar-refractivity contribution in [3.05, 3.63) is 30.1 Å². The third kappa shape index (κ3) is 4.97. The Bertz CT molecular complexity index is 489. The molecule has 0 radical (unpaired) electrons. The van der Waals surface area contributed by atoms with Gasteiger partial charge in [0.05, 0.1) is 12.1 Å². The first-order chi connectivity index (χ1) is 9.35. The predicted octanol–water partition coefficient (Wildman–Crippen LogP) is 1.40. The van der Waals surface area contributed by atoms with Gasteiger partial charge in [0, 0.05) is 5.69 Å². The Hall–Kier alpha value is -1.95. The van der Waals surface area contributed by atoms with Gasteiger partial charge in [0.15, 0.2) is 0 Å². The number of amides is 2. The molecule has 2 amide bonds. The van der Waals surface area contributed by atoms with E-state index in [1.807, 2.05) is 6.92 Å². The Morgan fingerprint density at radius 3 is 2.70 bits per heavy atom. The van der Waals surface area contributed by atoms with E-state index in [0.717, 1.165) is 6.42 Å². The van der Waals surface area contributed by atoms with Crippen LogP contribution >= 0.6 is 0 Å². The van der Waals surface area contributed by atoms with Gasteiger partial charge in [0.1, 0.15) is 5.82 Å². The number of nitrogens with one attached hydrogen (secondary N) is 2. The molecule has 0 aliphatic carbocycles. The average Bonchev–Trinajstić information content (AvgIpc) is 2.35. The molecule has 0 saturated heterocycles. The molecule has 0 spiro atoms. The number of anilines is 1. The highest BCUT2D eigenvalue weighted by Gasteiger charge is 2.27. The summed E-state index contributed by atoms with van der Waals surface area (Å²) < 4.78 is 12.9. The maximum atomic E-state index is 12.9. The summed E-state index contributed by atoms with van der Waals surface area (Å²) in [6, 6.07) is 5.53. The molecular formula is C14H20FN3O2. The van der Waals surface area contributed by atoms with Gasteiger partial charge in [-0.15, -0.1) is 0 Å². The lowest BCUT2D eigenvalue weighted by Gasteiger charge is -2.22. The second kappa shape index (κ2) is 7.00. The topological polar surface area (TPSA) is 84.2 Å². The lowest BCUT2D eigenvalue weighted by Crippen LogP contribution is -2.52. The summed E-state index contributed by atoms with van der Waals surface area (Å²) in [5.41, 5.74) is 5.18. The quantitative estimate of drug-likeness (QED) is 0.737. The Kier molecular flexibility index (Phi) is 5.64. The smallest absolute Gasteiger partial charge is 0.243 e. The minimum Gasteiger partial charge on any atom is -0.345 e. The normalized spacial score (nSPS) is 13.4. The van der Waals surface area contributed by atoms with Crippen molar-refractivity contribution < 1.29 is 14.0 Å². The minimum absolute atomic E-state index is 0.203. The van der Waals surface area contributed by atoms with Crippen LogP contribution in [0.5, 0.6) is 0 Å². The summed E-state index contributed by atoms with van der Waals surface area (Å²) in [7, 11) is 0. The Labute approximate surface area is 117 Å². The van der Waals surface area contributed by atoms with E-state index in [2.05, 4.69) is 10.6 Å². The van der Waals surface area contributed by atoms with Crippen LogP contribution in [0.4, 0.5) is 10.1 Å². The standard InChI is InChI=1S/C14H20FN3O2/c1-3-7-14(2,16)13(20)17-9-12(19)18-11-6-4-5-10(15)8-11/h4-6,8H,3,7,9,16H2,1-2H3,(H,17,20)(H,18,19). The second-order valence-electron chi connectivity index (χ2n) is 4.91. The van der Waals surface area contributed by atoms with Crippen LogP contribution in [0.3, 0.4) is 0 Å². The highest BCUT2D eigenvalue weighted by molar-refractivity contribution is 5.96. The molecule has 0 aliphatic heterocycles. The van der Waals surface area contributed by atoms with Crippen LogP contribution in [0.25, 0.3) is 0 Å². The van der Waals surface area contributed by atoms with Gasteiger partial charge in [-0.05, 0) is 31.5 Å². The first kappa shape index (κ1) is 16.1. The van der Waals surface area contributed by atoms with Gasteiger partial charge < -0.3 is 16.4 Å². The summed E-state index contributed by atoms with van der Waals surface area (Å²) in [4.78, 5) is 23.4. The monoisotopic (exact) mass is 281 g/mol. The fraction of sp³-hybridized carbons (Fsp3) is 0.429. The molecule has 1 aromatic carbocycles. The Morgan fingerprint density at radius 2 is 2.10 bits per heavy atom. The highest BCUT2D eigenvalue weighted by Crippen LogP contribution is 2.09. The summed E-state index contributed by atoms with van der Waals surface area (Å²) in [6.07, 6.45) is 1.31. The van der Waals surface area contributed by atoms with E-state index < -0.39 is 17.3 Å². The molecule has 1 rings (SSSR count). The molecular weight excluding hydrogens is 261 g/mol. The number of carbonyl (C=O) groups is 2. The van der Waals surface area contributed by atoms with Crippen LogP contribution in [-0.2, 0) is 9.59 Å². The van der Waals surface area contributed by atoms with Crippen molar-refractivity contribution in [1.82, 2.24) is 5.32 Å². The zero-order chi connectivity index (χ0) is 15.2. The molecule has 6 heteroatoms. The van der Waals surface area contributed by atoms with E-state index in [-0.39, 0.29) is 12.5 Å². The number of nitrogens with two attached hydrogens (primary N) is 1.